The highest BCUT2D eigenvalue weighted by Gasteiger charge is 2.18. The summed E-state index contributed by atoms with van der Waals surface area (Å²) in [4.78, 5) is 28.1. The SMILES string of the molecule is O=c1c2cccc([N+](=O)[O-])c2sc2nc3ccccc3n12. The summed E-state index contributed by atoms with van der Waals surface area (Å²) in [5, 5.41) is 11.5. The van der Waals surface area contributed by atoms with Gasteiger partial charge in [-0.05, 0) is 18.2 Å². The molecule has 7 heteroatoms. The molecule has 0 bridgehead atoms. The fourth-order valence-corrected chi connectivity index (χ4v) is 3.54. The van der Waals surface area contributed by atoms with Gasteiger partial charge in [0, 0.05) is 6.07 Å². The molecular weight excluding hydrogens is 290 g/mol. The van der Waals surface area contributed by atoms with Crippen LogP contribution >= 0.6 is 11.3 Å². The Morgan fingerprint density at radius 2 is 1.95 bits per heavy atom. The van der Waals surface area contributed by atoms with E-state index >= 15 is 0 Å². The number of hydrogen-bond donors (Lipinski definition) is 0. The largest absolute Gasteiger partial charge is 0.287 e. The Morgan fingerprint density at radius 3 is 2.76 bits per heavy atom. The molecule has 2 aromatic carbocycles. The fraction of sp³-hybridized carbons (Fsp3) is 0. The summed E-state index contributed by atoms with van der Waals surface area (Å²) in [5.41, 5.74) is 1.06. The molecule has 0 aliphatic carbocycles. The molecule has 102 valence electrons. The average molecular weight is 297 g/mol. The summed E-state index contributed by atoms with van der Waals surface area (Å²) in [6.07, 6.45) is 0. The number of aromatic nitrogens is 2. The molecule has 0 atom stereocenters. The maximum atomic E-state index is 12.6. The molecule has 21 heavy (non-hydrogen) atoms. The lowest BCUT2D eigenvalue weighted by atomic mass is 10.2. The van der Waals surface area contributed by atoms with Crippen LogP contribution in [0.5, 0.6) is 0 Å². The summed E-state index contributed by atoms with van der Waals surface area (Å²) in [5.74, 6) is 0. The van der Waals surface area contributed by atoms with Gasteiger partial charge in [0.2, 0.25) is 0 Å². The molecule has 0 amide bonds. The molecule has 0 unspecified atom stereocenters. The lowest BCUT2D eigenvalue weighted by Crippen LogP contribution is -2.11. The number of benzene rings is 2. The Bertz CT molecular complexity index is 1100. The summed E-state index contributed by atoms with van der Waals surface area (Å²) in [6.45, 7) is 0. The Hall–Kier alpha value is -2.80. The van der Waals surface area contributed by atoms with Crippen LogP contribution in [-0.2, 0) is 0 Å². The number of para-hydroxylation sites is 2. The average Bonchev–Trinajstić information content (AvgIpc) is 2.85. The molecule has 4 rings (SSSR count). The molecule has 2 heterocycles. The first kappa shape index (κ1) is 12.0. The number of fused-ring (bicyclic) bond motifs is 4. The first-order valence-corrected chi connectivity index (χ1v) is 6.96. The number of nitro benzene ring substituents is 1. The van der Waals surface area contributed by atoms with Gasteiger partial charge in [-0.2, -0.15) is 0 Å². The number of nitro groups is 1. The summed E-state index contributed by atoms with van der Waals surface area (Å²) < 4.78 is 1.86. The first-order valence-electron chi connectivity index (χ1n) is 6.14. The molecule has 6 nitrogen and oxygen atoms in total. The van der Waals surface area contributed by atoms with Crippen molar-refractivity contribution in [2.45, 2.75) is 0 Å². The maximum Gasteiger partial charge on any atom is 0.287 e. The van der Waals surface area contributed by atoms with E-state index in [1.807, 2.05) is 24.3 Å². The summed E-state index contributed by atoms with van der Waals surface area (Å²) >= 11 is 1.16. The minimum absolute atomic E-state index is 0.0656. The predicted molar refractivity (Wildman–Crippen MR) is 81.0 cm³/mol. The van der Waals surface area contributed by atoms with Crippen molar-refractivity contribution in [2.24, 2.45) is 0 Å². The third-order valence-corrected chi connectivity index (χ3v) is 4.44. The summed E-state index contributed by atoms with van der Waals surface area (Å²) in [7, 11) is 0. The normalized spacial score (nSPS) is 11.4. The molecule has 4 aromatic rings. The molecule has 0 saturated carbocycles. The highest BCUT2D eigenvalue weighted by atomic mass is 32.1. The van der Waals surface area contributed by atoms with E-state index in [0.29, 0.717) is 26.1 Å². The van der Waals surface area contributed by atoms with Gasteiger partial charge in [0.15, 0.2) is 4.96 Å². The second-order valence-corrected chi connectivity index (χ2v) is 5.51. The van der Waals surface area contributed by atoms with Crippen molar-refractivity contribution < 1.29 is 4.92 Å². The van der Waals surface area contributed by atoms with Gasteiger partial charge in [-0.25, -0.2) is 9.38 Å². The van der Waals surface area contributed by atoms with Crippen molar-refractivity contribution in [3.8, 4) is 0 Å². The van der Waals surface area contributed by atoms with E-state index in [-0.39, 0.29) is 11.2 Å². The first-order chi connectivity index (χ1) is 10.2. The van der Waals surface area contributed by atoms with E-state index in [0.717, 1.165) is 11.3 Å². The Labute approximate surface area is 121 Å². The third-order valence-electron chi connectivity index (χ3n) is 3.35. The third kappa shape index (κ3) is 1.58. The van der Waals surface area contributed by atoms with Crippen LogP contribution < -0.4 is 5.56 Å². The van der Waals surface area contributed by atoms with Gasteiger partial charge in [-0.3, -0.25) is 14.9 Å². The van der Waals surface area contributed by atoms with Gasteiger partial charge in [-0.15, -0.1) is 0 Å². The fourth-order valence-electron chi connectivity index (χ4n) is 2.42. The van der Waals surface area contributed by atoms with Crippen LogP contribution in [0.1, 0.15) is 0 Å². The maximum absolute atomic E-state index is 12.6. The molecule has 0 aliphatic rings. The van der Waals surface area contributed by atoms with Crippen LogP contribution in [0.25, 0.3) is 26.1 Å². The van der Waals surface area contributed by atoms with Crippen molar-refractivity contribution in [1.82, 2.24) is 9.38 Å². The standard InChI is InChI=1S/C14H7N3O3S/c18-13-8-4-3-7-11(17(19)20)12(8)21-14-15-9-5-1-2-6-10(9)16(13)14/h1-7H. The van der Waals surface area contributed by atoms with Crippen LogP contribution in [0.4, 0.5) is 5.69 Å². The van der Waals surface area contributed by atoms with Crippen LogP contribution in [0.2, 0.25) is 0 Å². The van der Waals surface area contributed by atoms with Crippen LogP contribution in [0, 0.1) is 10.1 Å². The molecule has 0 radical (unpaired) electrons. The zero-order chi connectivity index (χ0) is 14.6. The van der Waals surface area contributed by atoms with Gasteiger partial charge in [0.05, 0.1) is 21.3 Å². The Morgan fingerprint density at radius 1 is 1.14 bits per heavy atom. The predicted octanol–water partition coefficient (Wildman–Crippen LogP) is 2.97. The van der Waals surface area contributed by atoms with E-state index < -0.39 is 4.92 Å². The van der Waals surface area contributed by atoms with E-state index in [1.165, 1.54) is 16.5 Å². The van der Waals surface area contributed by atoms with Crippen LogP contribution in [0.15, 0.2) is 47.3 Å². The van der Waals surface area contributed by atoms with Crippen LogP contribution in [-0.4, -0.2) is 14.3 Å². The van der Waals surface area contributed by atoms with Gasteiger partial charge in [-0.1, -0.05) is 29.5 Å². The van der Waals surface area contributed by atoms with Crippen molar-refractivity contribution in [1.29, 1.82) is 0 Å². The number of imidazole rings is 1. The van der Waals surface area contributed by atoms with Gasteiger partial charge >= 0.3 is 0 Å². The Balaban J connectivity index is 2.31. The van der Waals surface area contributed by atoms with Crippen LogP contribution in [0.3, 0.4) is 0 Å². The van der Waals surface area contributed by atoms with E-state index in [4.69, 9.17) is 0 Å². The van der Waals surface area contributed by atoms with E-state index in [9.17, 15) is 14.9 Å². The number of rotatable bonds is 1. The minimum atomic E-state index is -0.475. The minimum Gasteiger partial charge on any atom is -0.268 e. The molecule has 0 fully saturated rings. The van der Waals surface area contributed by atoms with Crippen molar-refractivity contribution in [3.63, 3.8) is 0 Å². The molecule has 0 aliphatic heterocycles. The summed E-state index contributed by atoms with van der Waals surface area (Å²) in [6, 6.07) is 11.8. The molecule has 0 spiro atoms. The topological polar surface area (TPSA) is 77.5 Å². The van der Waals surface area contributed by atoms with Gasteiger partial charge in [0.1, 0.15) is 4.70 Å². The monoisotopic (exact) mass is 297 g/mol. The number of non-ortho nitro benzene ring substituents is 1. The zero-order valence-corrected chi connectivity index (χ0v) is 11.3. The van der Waals surface area contributed by atoms with E-state index in [2.05, 4.69) is 4.98 Å². The van der Waals surface area contributed by atoms with Gasteiger partial charge < -0.3 is 0 Å². The zero-order valence-electron chi connectivity index (χ0n) is 10.5. The highest BCUT2D eigenvalue weighted by molar-refractivity contribution is 7.23. The lowest BCUT2D eigenvalue weighted by molar-refractivity contribution is -0.382. The second-order valence-electron chi connectivity index (χ2n) is 4.54. The van der Waals surface area contributed by atoms with E-state index in [1.54, 1.807) is 6.07 Å². The van der Waals surface area contributed by atoms with Crippen molar-refractivity contribution in [3.05, 3.63) is 62.9 Å². The smallest absolute Gasteiger partial charge is 0.268 e. The molecule has 0 saturated heterocycles. The van der Waals surface area contributed by atoms with Crippen molar-refractivity contribution >= 4 is 43.1 Å². The van der Waals surface area contributed by atoms with Gasteiger partial charge in [0.25, 0.3) is 11.2 Å². The quantitative estimate of drug-likeness (QED) is 0.400. The molecule has 2 aromatic heterocycles. The lowest BCUT2D eigenvalue weighted by Gasteiger charge is -1.99. The molecule has 0 N–H and O–H groups in total. The highest BCUT2D eigenvalue weighted by Crippen LogP contribution is 2.30. The molecular formula is C14H7N3O3S. The number of hydrogen-bond acceptors (Lipinski definition) is 5. The second kappa shape index (κ2) is 4.10. The van der Waals surface area contributed by atoms with Crippen molar-refractivity contribution in [2.75, 3.05) is 0 Å². The Kier molecular flexibility index (Phi) is 2.34. The number of nitrogens with zero attached hydrogens (tertiary/aromatic N) is 3.